The van der Waals surface area contributed by atoms with Crippen molar-refractivity contribution in [2.45, 2.75) is 40.5 Å². The van der Waals surface area contributed by atoms with Gasteiger partial charge in [-0.15, -0.1) is 0 Å². The van der Waals surface area contributed by atoms with E-state index >= 15 is 0 Å². The van der Waals surface area contributed by atoms with Gasteiger partial charge in [-0.2, -0.15) is 0 Å². The van der Waals surface area contributed by atoms with E-state index in [0.717, 1.165) is 113 Å². The largest absolute Gasteiger partial charge is 0.453 e. The lowest BCUT2D eigenvalue weighted by Gasteiger charge is -2.29. The molecule has 4 nitrogen and oxygen atoms in total. The van der Waals surface area contributed by atoms with Crippen LogP contribution in [0, 0.1) is 13.8 Å². The Morgan fingerprint density at radius 1 is 0.311 bits per heavy atom. The number of hydrogen-bond donors (Lipinski definition) is 0. The first-order valence-electron chi connectivity index (χ1n) is 25.9. The molecule has 0 N–H and O–H groups in total. The Morgan fingerprint density at radius 3 is 1.12 bits per heavy atom. The van der Waals surface area contributed by atoms with Crippen molar-refractivity contribution in [1.82, 2.24) is 0 Å². The maximum Gasteiger partial charge on any atom is 0.159 e. The van der Waals surface area contributed by atoms with Gasteiger partial charge in [0.2, 0.25) is 0 Å². The molecule has 0 aliphatic heterocycles. The third kappa shape index (κ3) is 6.75. The van der Waals surface area contributed by atoms with E-state index in [0.29, 0.717) is 0 Å². The molecule has 0 unspecified atom stereocenters. The molecule has 0 aliphatic carbocycles. The maximum absolute atomic E-state index is 7.20. The van der Waals surface area contributed by atoms with Gasteiger partial charge in [0.25, 0.3) is 0 Å². The van der Waals surface area contributed by atoms with Crippen LogP contribution in [0.3, 0.4) is 0 Å². The number of anilines is 6. The number of fused-ring (bicyclic) bond motifs is 6. The second-order valence-corrected chi connectivity index (χ2v) is 19.8. The maximum atomic E-state index is 7.20. The predicted octanol–water partition coefficient (Wildman–Crippen LogP) is 20.4. The molecule has 0 amide bonds. The number of benzene rings is 12. The smallest absolute Gasteiger partial charge is 0.159 e. The van der Waals surface area contributed by atoms with Crippen molar-refractivity contribution < 1.29 is 8.83 Å². The SMILES string of the molecule is CCc1cccc(N(c2ccc3ccc4c(N(c5cccc(CC)c5)c5cccc6c5oc5c(-c7ccccc7C)cccc56)ccc5ccc2c3c54)c2cccc3c2oc2c(-c4ccccc4C)cccc23)c1. The molecule has 0 spiro atoms. The molecule has 0 atom stereocenters. The fourth-order valence-corrected chi connectivity index (χ4v) is 11.9. The van der Waals surface area contributed by atoms with E-state index in [1.54, 1.807) is 0 Å². The standard InChI is InChI=1S/C70H52N2O2/c1-5-45-19-11-21-49(41-45)71(63-31-15-29-57-55-27-13-25-53(67(55)73-69(57)63)51-23-9-7-17-43(51)3)61-39-35-47-34-38-60-62(40-36-48-33-37-59(61)65(47)66(48)60)72(50-22-12-20-46(6-2)42-50)64-32-16-30-58-56-28-14-26-54(68(56)74-70(58)64)52-24-10-8-18-44(52)4/h7-42H,5-6H2,1-4H3. The highest BCUT2D eigenvalue weighted by molar-refractivity contribution is 6.29. The molecule has 0 fully saturated rings. The van der Waals surface area contributed by atoms with Crippen molar-refractivity contribution in [3.63, 3.8) is 0 Å². The number of aryl methyl sites for hydroxylation is 4. The molecule has 0 radical (unpaired) electrons. The Labute approximate surface area is 430 Å². The van der Waals surface area contributed by atoms with Gasteiger partial charge in [-0.25, -0.2) is 0 Å². The minimum Gasteiger partial charge on any atom is -0.453 e. The molecule has 2 aromatic heterocycles. The monoisotopic (exact) mass is 952 g/mol. The molecule has 4 heteroatoms. The summed E-state index contributed by atoms with van der Waals surface area (Å²) in [7, 11) is 0. The van der Waals surface area contributed by atoms with Crippen LogP contribution >= 0.6 is 0 Å². The topological polar surface area (TPSA) is 32.8 Å². The van der Waals surface area contributed by atoms with E-state index in [-0.39, 0.29) is 0 Å². The molecule has 14 rings (SSSR count). The third-order valence-electron chi connectivity index (χ3n) is 15.6. The van der Waals surface area contributed by atoms with E-state index < -0.39 is 0 Å². The Morgan fingerprint density at radius 2 is 0.689 bits per heavy atom. The Bertz CT molecular complexity index is 4230. The number of rotatable bonds is 10. The zero-order valence-electron chi connectivity index (χ0n) is 41.9. The van der Waals surface area contributed by atoms with Crippen molar-refractivity contribution in [1.29, 1.82) is 0 Å². The molecule has 0 bridgehead atoms. The first kappa shape index (κ1) is 43.7. The summed E-state index contributed by atoms with van der Waals surface area (Å²) < 4.78 is 14.4. The van der Waals surface area contributed by atoms with Crippen LogP contribution in [0.25, 0.3) is 98.4 Å². The zero-order chi connectivity index (χ0) is 49.6. The van der Waals surface area contributed by atoms with Crippen LogP contribution in [0.5, 0.6) is 0 Å². The molecular formula is C70H52N2O2. The lowest BCUT2D eigenvalue weighted by atomic mass is 9.91. The van der Waals surface area contributed by atoms with Crippen molar-refractivity contribution in [3.8, 4) is 22.3 Å². The van der Waals surface area contributed by atoms with Gasteiger partial charge in [0, 0.05) is 54.8 Å². The number of para-hydroxylation sites is 4. The molecular weight excluding hydrogens is 901 g/mol. The summed E-state index contributed by atoms with van der Waals surface area (Å²) in [5, 5.41) is 11.5. The van der Waals surface area contributed by atoms with Crippen molar-refractivity contribution in [2.24, 2.45) is 0 Å². The minimum atomic E-state index is 0.856. The quantitative estimate of drug-likeness (QED) is 0.128. The molecule has 2 heterocycles. The van der Waals surface area contributed by atoms with Gasteiger partial charge in [-0.1, -0.05) is 184 Å². The van der Waals surface area contributed by atoms with Crippen LogP contribution in [0.15, 0.2) is 227 Å². The van der Waals surface area contributed by atoms with E-state index in [4.69, 9.17) is 8.83 Å². The van der Waals surface area contributed by atoms with Crippen LogP contribution in [0.1, 0.15) is 36.1 Å². The summed E-state index contributed by atoms with van der Waals surface area (Å²) in [4.78, 5) is 4.86. The van der Waals surface area contributed by atoms with Gasteiger partial charge in [-0.3, -0.25) is 0 Å². The van der Waals surface area contributed by atoms with E-state index in [1.807, 2.05) is 0 Å². The summed E-state index contributed by atoms with van der Waals surface area (Å²) in [5.41, 5.74) is 19.3. The summed E-state index contributed by atoms with van der Waals surface area (Å²) in [5.74, 6) is 0. The molecule has 0 saturated carbocycles. The molecule has 14 aromatic rings. The lowest BCUT2D eigenvalue weighted by molar-refractivity contribution is 0.670. The fraction of sp³-hybridized carbons (Fsp3) is 0.0857. The Hall–Kier alpha value is -9.12. The number of furan rings is 2. The summed E-state index contributed by atoms with van der Waals surface area (Å²) >= 11 is 0. The van der Waals surface area contributed by atoms with Crippen molar-refractivity contribution in [3.05, 3.63) is 241 Å². The van der Waals surface area contributed by atoms with Gasteiger partial charge >= 0.3 is 0 Å². The number of nitrogens with zero attached hydrogens (tertiary/aromatic N) is 2. The van der Waals surface area contributed by atoms with Gasteiger partial charge in [-0.05, 0) is 130 Å². The molecule has 0 saturated heterocycles. The fourth-order valence-electron chi connectivity index (χ4n) is 11.9. The highest BCUT2D eigenvalue weighted by Crippen LogP contribution is 2.51. The normalized spacial score (nSPS) is 11.9. The second kappa shape index (κ2) is 17.3. The first-order valence-corrected chi connectivity index (χ1v) is 25.9. The predicted molar refractivity (Wildman–Crippen MR) is 313 cm³/mol. The van der Waals surface area contributed by atoms with Crippen LogP contribution < -0.4 is 9.80 Å². The van der Waals surface area contributed by atoms with Crippen LogP contribution in [-0.4, -0.2) is 0 Å². The van der Waals surface area contributed by atoms with Crippen molar-refractivity contribution in [2.75, 3.05) is 9.80 Å². The summed E-state index contributed by atoms with van der Waals surface area (Å²) in [6, 6.07) is 79.9. The highest BCUT2D eigenvalue weighted by Gasteiger charge is 2.27. The van der Waals surface area contributed by atoms with Crippen molar-refractivity contribution >= 4 is 110 Å². The number of hydrogen-bond acceptors (Lipinski definition) is 4. The second-order valence-electron chi connectivity index (χ2n) is 19.8. The lowest BCUT2D eigenvalue weighted by Crippen LogP contribution is -2.12. The Balaban J connectivity index is 1.01. The summed E-state index contributed by atoms with van der Waals surface area (Å²) in [6.07, 6.45) is 1.84. The molecule has 12 aromatic carbocycles. The van der Waals surface area contributed by atoms with Gasteiger partial charge in [0.1, 0.15) is 11.2 Å². The van der Waals surface area contributed by atoms with Gasteiger partial charge in [0.15, 0.2) is 11.2 Å². The van der Waals surface area contributed by atoms with Crippen LogP contribution in [0.4, 0.5) is 34.1 Å². The highest BCUT2D eigenvalue weighted by atomic mass is 16.3. The Kier molecular flexibility index (Phi) is 10.2. The zero-order valence-corrected chi connectivity index (χ0v) is 41.9. The summed E-state index contributed by atoms with van der Waals surface area (Å²) in [6.45, 7) is 8.80. The first-order chi connectivity index (χ1) is 36.4. The van der Waals surface area contributed by atoms with Crippen LogP contribution in [-0.2, 0) is 12.8 Å². The molecule has 0 aliphatic rings. The average molecular weight is 953 g/mol. The third-order valence-corrected chi connectivity index (χ3v) is 15.6. The van der Waals surface area contributed by atoms with E-state index in [1.165, 1.54) is 54.9 Å². The molecule has 354 valence electrons. The molecule has 74 heavy (non-hydrogen) atoms. The van der Waals surface area contributed by atoms with E-state index in [2.05, 4.69) is 256 Å². The average Bonchev–Trinajstić information content (AvgIpc) is 4.07. The minimum absolute atomic E-state index is 0.856. The van der Waals surface area contributed by atoms with Crippen LogP contribution in [0.2, 0.25) is 0 Å². The van der Waals surface area contributed by atoms with E-state index in [9.17, 15) is 0 Å². The van der Waals surface area contributed by atoms with Gasteiger partial charge in [0.05, 0.1) is 22.7 Å². The van der Waals surface area contributed by atoms with Gasteiger partial charge < -0.3 is 18.6 Å².